The minimum absolute atomic E-state index is 0.489. The van der Waals surface area contributed by atoms with Crippen molar-refractivity contribution >= 4 is 17.3 Å². The second-order valence-corrected chi connectivity index (χ2v) is 6.27. The van der Waals surface area contributed by atoms with Crippen LogP contribution in [0.15, 0.2) is 10.4 Å². The molecule has 20 heavy (non-hydrogen) atoms. The first-order valence-corrected chi connectivity index (χ1v) is 7.94. The standard InChI is InChI=1S/C14H27N5S/c1-11(2)12-10-20-13(18-12)9-17-14(15-3)16-7-6-8-19(4)5/h10-11H,6-9H2,1-5H3,(H2,15,16,17). The Kier molecular flexibility index (Phi) is 7.54. The third-order valence-electron chi connectivity index (χ3n) is 2.87. The van der Waals surface area contributed by atoms with E-state index in [1.807, 2.05) is 0 Å². The van der Waals surface area contributed by atoms with Crippen molar-refractivity contribution in [3.05, 3.63) is 16.1 Å². The van der Waals surface area contributed by atoms with Crippen LogP contribution in [-0.2, 0) is 6.54 Å². The van der Waals surface area contributed by atoms with Gasteiger partial charge in [0.2, 0.25) is 0 Å². The van der Waals surface area contributed by atoms with Crippen molar-refractivity contribution in [2.75, 3.05) is 34.2 Å². The molecule has 0 bridgehead atoms. The van der Waals surface area contributed by atoms with Crippen LogP contribution < -0.4 is 10.6 Å². The molecule has 5 nitrogen and oxygen atoms in total. The molecule has 0 aliphatic rings. The van der Waals surface area contributed by atoms with Crippen LogP contribution in [0.2, 0.25) is 0 Å². The maximum absolute atomic E-state index is 4.60. The van der Waals surface area contributed by atoms with E-state index in [-0.39, 0.29) is 0 Å². The van der Waals surface area contributed by atoms with E-state index in [1.54, 1.807) is 18.4 Å². The van der Waals surface area contributed by atoms with Gasteiger partial charge in [0.25, 0.3) is 0 Å². The molecule has 1 heterocycles. The van der Waals surface area contributed by atoms with Gasteiger partial charge in [-0.2, -0.15) is 0 Å². The fourth-order valence-electron chi connectivity index (χ4n) is 1.65. The number of aromatic nitrogens is 1. The Morgan fingerprint density at radius 3 is 2.70 bits per heavy atom. The number of nitrogens with zero attached hydrogens (tertiary/aromatic N) is 3. The quantitative estimate of drug-likeness (QED) is 0.458. The summed E-state index contributed by atoms with van der Waals surface area (Å²) in [5.74, 6) is 1.33. The molecule has 1 aromatic rings. The molecule has 0 aliphatic carbocycles. The van der Waals surface area contributed by atoms with E-state index >= 15 is 0 Å². The van der Waals surface area contributed by atoms with Gasteiger partial charge >= 0.3 is 0 Å². The minimum Gasteiger partial charge on any atom is -0.356 e. The molecule has 0 unspecified atom stereocenters. The molecular weight excluding hydrogens is 270 g/mol. The van der Waals surface area contributed by atoms with Gasteiger partial charge < -0.3 is 15.5 Å². The molecule has 0 saturated heterocycles. The van der Waals surface area contributed by atoms with Crippen molar-refractivity contribution in [2.24, 2.45) is 4.99 Å². The van der Waals surface area contributed by atoms with Crippen molar-refractivity contribution in [2.45, 2.75) is 32.7 Å². The lowest BCUT2D eigenvalue weighted by Crippen LogP contribution is -2.38. The third kappa shape index (κ3) is 6.34. The summed E-state index contributed by atoms with van der Waals surface area (Å²) in [6.07, 6.45) is 1.10. The van der Waals surface area contributed by atoms with Crippen LogP contribution in [0.1, 0.15) is 36.9 Å². The normalized spacial score (nSPS) is 12.2. The summed E-state index contributed by atoms with van der Waals surface area (Å²) >= 11 is 1.70. The number of thiazole rings is 1. The van der Waals surface area contributed by atoms with Crippen LogP contribution in [0, 0.1) is 0 Å². The van der Waals surface area contributed by atoms with Crippen molar-refractivity contribution in [3.8, 4) is 0 Å². The van der Waals surface area contributed by atoms with Crippen LogP contribution in [0.25, 0.3) is 0 Å². The molecule has 114 valence electrons. The fraction of sp³-hybridized carbons (Fsp3) is 0.714. The summed E-state index contributed by atoms with van der Waals surface area (Å²) in [4.78, 5) is 11.0. The maximum Gasteiger partial charge on any atom is 0.191 e. The molecule has 0 atom stereocenters. The van der Waals surface area contributed by atoms with Gasteiger partial charge in [-0.3, -0.25) is 4.99 Å². The average molecular weight is 297 g/mol. The van der Waals surface area contributed by atoms with E-state index in [4.69, 9.17) is 0 Å². The van der Waals surface area contributed by atoms with Gasteiger partial charge in [0.15, 0.2) is 5.96 Å². The van der Waals surface area contributed by atoms with Gasteiger partial charge in [-0.25, -0.2) is 4.98 Å². The Labute approximate surface area is 126 Å². The van der Waals surface area contributed by atoms with Crippen LogP contribution in [0.5, 0.6) is 0 Å². The van der Waals surface area contributed by atoms with Crippen LogP contribution in [0.3, 0.4) is 0 Å². The predicted octanol–water partition coefficient (Wildman–Crippen LogP) is 1.88. The lowest BCUT2D eigenvalue weighted by Gasteiger charge is -2.12. The minimum atomic E-state index is 0.489. The van der Waals surface area contributed by atoms with E-state index in [0.29, 0.717) is 5.92 Å². The van der Waals surface area contributed by atoms with E-state index in [1.165, 1.54) is 5.69 Å². The van der Waals surface area contributed by atoms with E-state index in [9.17, 15) is 0 Å². The Morgan fingerprint density at radius 1 is 1.40 bits per heavy atom. The Balaban J connectivity index is 2.30. The molecule has 0 aromatic carbocycles. The van der Waals surface area contributed by atoms with Crippen molar-refractivity contribution in [1.82, 2.24) is 20.5 Å². The smallest absolute Gasteiger partial charge is 0.191 e. The summed E-state index contributed by atoms with van der Waals surface area (Å²) in [6.45, 7) is 7.06. The zero-order chi connectivity index (χ0) is 15.0. The summed E-state index contributed by atoms with van der Waals surface area (Å²) in [6, 6.07) is 0. The lowest BCUT2D eigenvalue weighted by atomic mass is 10.2. The number of aliphatic imine (C=N–C) groups is 1. The monoisotopic (exact) mass is 297 g/mol. The highest BCUT2D eigenvalue weighted by Gasteiger charge is 2.06. The zero-order valence-electron chi connectivity index (χ0n) is 13.2. The van der Waals surface area contributed by atoms with Gasteiger partial charge in [0.05, 0.1) is 12.2 Å². The molecule has 2 N–H and O–H groups in total. The Bertz CT molecular complexity index is 411. The molecule has 1 aromatic heterocycles. The van der Waals surface area contributed by atoms with Gasteiger partial charge in [0, 0.05) is 19.0 Å². The van der Waals surface area contributed by atoms with Crippen LogP contribution in [0.4, 0.5) is 0 Å². The summed E-state index contributed by atoms with van der Waals surface area (Å²) in [5.41, 5.74) is 1.17. The summed E-state index contributed by atoms with van der Waals surface area (Å²) in [7, 11) is 5.96. The largest absolute Gasteiger partial charge is 0.356 e. The topological polar surface area (TPSA) is 52.6 Å². The molecule has 0 saturated carbocycles. The highest BCUT2D eigenvalue weighted by atomic mass is 32.1. The SMILES string of the molecule is CN=C(NCCCN(C)C)NCc1nc(C(C)C)cs1. The third-order valence-corrected chi connectivity index (χ3v) is 3.73. The highest BCUT2D eigenvalue weighted by molar-refractivity contribution is 7.09. The molecule has 6 heteroatoms. The molecule has 0 radical (unpaired) electrons. The molecular formula is C14H27N5S. The van der Waals surface area contributed by atoms with Gasteiger partial charge in [0.1, 0.15) is 5.01 Å². The van der Waals surface area contributed by atoms with Crippen LogP contribution >= 0.6 is 11.3 Å². The summed E-state index contributed by atoms with van der Waals surface area (Å²) < 4.78 is 0. The Morgan fingerprint density at radius 2 is 2.15 bits per heavy atom. The van der Waals surface area contributed by atoms with E-state index in [2.05, 4.69) is 58.8 Å². The number of hydrogen-bond acceptors (Lipinski definition) is 4. The average Bonchev–Trinajstić information content (AvgIpc) is 2.86. The zero-order valence-corrected chi connectivity index (χ0v) is 14.0. The molecule has 0 aliphatic heterocycles. The Hall–Kier alpha value is -1.14. The first-order valence-electron chi connectivity index (χ1n) is 7.06. The molecule has 0 spiro atoms. The second-order valence-electron chi connectivity index (χ2n) is 5.33. The first kappa shape index (κ1) is 16.9. The van der Waals surface area contributed by atoms with Crippen molar-refractivity contribution < 1.29 is 0 Å². The molecule has 0 amide bonds. The molecule has 0 fully saturated rings. The van der Waals surface area contributed by atoms with Crippen molar-refractivity contribution in [1.29, 1.82) is 0 Å². The predicted molar refractivity (Wildman–Crippen MR) is 87.6 cm³/mol. The van der Waals surface area contributed by atoms with Gasteiger partial charge in [-0.15, -0.1) is 11.3 Å². The van der Waals surface area contributed by atoms with Gasteiger partial charge in [-0.1, -0.05) is 13.8 Å². The van der Waals surface area contributed by atoms with Crippen molar-refractivity contribution in [3.63, 3.8) is 0 Å². The fourth-order valence-corrected chi connectivity index (χ4v) is 2.55. The van der Waals surface area contributed by atoms with Gasteiger partial charge in [-0.05, 0) is 33.0 Å². The van der Waals surface area contributed by atoms with Crippen LogP contribution in [-0.4, -0.2) is 50.1 Å². The maximum atomic E-state index is 4.60. The summed E-state index contributed by atoms with van der Waals surface area (Å²) in [5, 5.41) is 9.85. The number of hydrogen-bond donors (Lipinski definition) is 2. The first-order chi connectivity index (χ1) is 9.52. The number of rotatable bonds is 7. The molecule has 1 rings (SSSR count). The second kappa shape index (κ2) is 8.92. The highest BCUT2D eigenvalue weighted by Crippen LogP contribution is 2.17. The number of nitrogens with one attached hydrogen (secondary N) is 2. The van der Waals surface area contributed by atoms with E-state index < -0.39 is 0 Å². The van der Waals surface area contributed by atoms with E-state index in [0.717, 1.165) is 37.0 Å². The number of guanidine groups is 1. The lowest BCUT2D eigenvalue weighted by molar-refractivity contribution is 0.399.